The predicted molar refractivity (Wildman–Crippen MR) is 353 cm³/mol. The average molecular weight is 1100 g/mol. The second-order valence-electron chi connectivity index (χ2n) is 24.3. The first-order valence-corrected chi connectivity index (χ1v) is 32.2. The van der Waals surface area contributed by atoms with Crippen molar-refractivity contribution in [2.24, 2.45) is 10.8 Å². The second kappa shape index (κ2) is 47.9. The van der Waals surface area contributed by atoms with Crippen LogP contribution in [0.5, 0.6) is 0 Å². The first-order valence-electron chi connectivity index (χ1n) is 32.2. The Morgan fingerprint density at radius 2 is 0.775 bits per heavy atom. The van der Waals surface area contributed by atoms with E-state index in [2.05, 4.69) is 179 Å². The maximum atomic E-state index is 12.0. The number of carbonyl (C=O) groups excluding carboxylic acids is 2. The van der Waals surface area contributed by atoms with Crippen molar-refractivity contribution >= 4 is 11.9 Å². The van der Waals surface area contributed by atoms with Crippen LogP contribution >= 0.6 is 0 Å². The summed E-state index contributed by atoms with van der Waals surface area (Å²) in [5.41, 5.74) is 11.3. The van der Waals surface area contributed by atoms with Gasteiger partial charge in [-0.2, -0.15) is 0 Å². The van der Waals surface area contributed by atoms with E-state index in [-0.39, 0.29) is 22.8 Å². The van der Waals surface area contributed by atoms with E-state index in [4.69, 9.17) is 9.47 Å². The van der Waals surface area contributed by atoms with Gasteiger partial charge in [-0.15, -0.1) is 0 Å². The molecule has 0 N–H and O–H groups in total. The molecule has 0 aliphatic heterocycles. The van der Waals surface area contributed by atoms with Gasteiger partial charge in [0.1, 0.15) is 13.2 Å². The van der Waals surface area contributed by atoms with Crippen molar-refractivity contribution in [2.75, 3.05) is 13.2 Å². The molecule has 0 radical (unpaired) electrons. The summed E-state index contributed by atoms with van der Waals surface area (Å²) in [7, 11) is 0. The summed E-state index contributed by atoms with van der Waals surface area (Å²) in [6, 6.07) is 0. The Labute approximate surface area is 494 Å². The molecule has 0 atom stereocenters. The van der Waals surface area contributed by atoms with Gasteiger partial charge in [-0.3, -0.25) is 9.59 Å². The minimum Gasteiger partial charge on any atom is -0.461 e. The van der Waals surface area contributed by atoms with E-state index in [1.165, 1.54) is 162 Å². The molecule has 4 nitrogen and oxygen atoms in total. The standard InChI is InChI=1S/2C38H60O2/c2*1-7-8-9-10-11-12-13-14-15-16-17-18-19-20-21-27-37(39)40-32-30-34(3)25-22-24-33(2)28-29-36-35(4)26-23-31-38(36,5)6/h2*11-12,14-15,22,24-25,28-30H,7-10,13,16-21,23,26-27,31-32H2,1-6H3/b2*12-11-,15-14-,25-22?,29-28?,33-24?,34-30?. The zero-order valence-corrected chi connectivity index (χ0v) is 53.8. The van der Waals surface area contributed by atoms with Crippen LogP contribution in [0.4, 0.5) is 0 Å². The van der Waals surface area contributed by atoms with Gasteiger partial charge >= 0.3 is 11.9 Å². The minimum absolute atomic E-state index is 0.0881. The normalized spacial score (nSPS) is 16.9. The lowest BCUT2D eigenvalue weighted by molar-refractivity contribution is -0.143. The van der Waals surface area contributed by atoms with Crippen molar-refractivity contribution in [1.82, 2.24) is 0 Å². The fraction of sp³-hybridized carbons (Fsp3) is 0.605. The number of unbranched alkanes of at least 4 members (excludes halogenated alkanes) is 16. The molecule has 0 heterocycles. The smallest absolute Gasteiger partial charge is 0.306 e. The fourth-order valence-corrected chi connectivity index (χ4v) is 10.2. The van der Waals surface area contributed by atoms with Gasteiger partial charge in [0.05, 0.1) is 0 Å². The van der Waals surface area contributed by atoms with Crippen LogP contribution < -0.4 is 0 Å². The van der Waals surface area contributed by atoms with Crippen molar-refractivity contribution in [1.29, 1.82) is 0 Å². The van der Waals surface area contributed by atoms with Gasteiger partial charge in [-0.1, -0.05) is 249 Å². The van der Waals surface area contributed by atoms with Gasteiger partial charge in [-0.05, 0) is 191 Å². The Bertz CT molecular complexity index is 1990. The van der Waals surface area contributed by atoms with E-state index in [1.54, 1.807) is 0 Å². The molecular formula is C76H120O4. The zero-order chi connectivity index (χ0) is 59.0. The fourth-order valence-electron chi connectivity index (χ4n) is 10.2. The van der Waals surface area contributed by atoms with Crippen molar-refractivity contribution < 1.29 is 19.1 Å². The minimum atomic E-state index is -0.0881. The quantitative estimate of drug-likeness (QED) is 0.0266. The third-order valence-corrected chi connectivity index (χ3v) is 15.5. The Kier molecular flexibility index (Phi) is 43.9. The largest absolute Gasteiger partial charge is 0.461 e. The molecule has 0 spiro atoms. The Morgan fingerprint density at radius 3 is 1.12 bits per heavy atom. The van der Waals surface area contributed by atoms with Crippen LogP contribution in [0.3, 0.4) is 0 Å². The lowest BCUT2D eigenvalue weighted by Gasteiger charge is -2.33. The number of hydrogen-bond acceptors (Lipinski definition) is 4. The molecule has 2 aliphatic carbocycles. The molecule has 0 aromatic carbocycles. The third-order valence-electron chi connectivity index (χ3n) is 15.5. The highest BCUT2D eigenvalue weighted by molar-refractivity contribution is 5.69. The topological polar surface area (TPSA) is 52.6 Å². The van der Waals surface area contributed by atoms with Gasteiger partial charge in [0.15, 0.2) is 0 Å². The lowest BCUT2D eigenvalue weighted by atomic mass is 9.72. The average Bonchev–Trinajstić information content (AvgIpc) is 3.40. The number of esters is 2. The maximum Gasteiger partial charge on any atom is 0.306 e. The molecule has 80 heavy (non-hydrogen) atoms. The molecule has 0 bridgehead atoms. The van der Waals surface area contributed by atoms with E-state index in [9.17, 15) is 9.59 Å². The molecule has 0 unspecified atom stereocenters. The predicted octanol–water partition coefficient (Wildman–Crippen LogP) is 23.7. The van der Waals surface area contributed by atoms with Gasteiger partial charge in [-0.25, -0.2) is 0 Å². The van der Waals surface area contributed by atoms with Crippen molar-refractivity contribution in [3.05, 3.63) is 166 Å². The SMILES string of the molecule is CCCCC/C=C\C/C=C\CCCCCCCC(=O)OCC=C(C)C=CC=C(C)C=CC1=C(C)CCCC1(C)C.CCCCC/C=C\C/C=C\CCCCCCCC(=O)OCC=C(C)C=CC=C(C)C=CC1=C(C)CCCC1(C)C. The summed E-state index contributed by atoms with van der Waals surface area (Å²) in [4.78, 5) is 24.1. The first-order chi connectivity index (χ1) is 38.5. The molecule has 448 valence electrons. The molecule has 0 aromatic rings. The number of carbonyl (C=O) groups is 2. The Morgan fingerprint density at radius 1 is 0.438 bits per heavy atom. The highest BCUT2D eigenvalue weighted by atomic mass is 16.5. The number of ether oxygens (including phenoxy) is 2. The van der Waals surface area contributed by atoms with Gasteiger partial charge < -0.3 is 9.47 Å². The summed E-state index contributed by atoms with van der Waals surface area (Å²) in [6.45, 7) is 27.5. The van der Waals surface area contributed by atoms with Crippen molar-refractivity contribution in [2.45, 2.75) is 276 Å². The van der Waals surface area contributed by atoms with E-state index >= 15 is 0 Å². The highest BCUT2D eigenvalue weighted by Gasteiger charge is 2.27. The molecule has 0 saturated carbocycles. The van der Waals surface area contributed by atoms with Crippen LogP contribution in [0.15, 0.2) is 166 Å². The third kappa shape index (κ3) is 40.5. The summed E-state index contributed by atoms with van der Waals surface area (Å²) < 4.78 is 10.8. The van der Waals surface area contributed by atoms with Crippen LogP contribution in [-0.4, -0.2) is 25.2 Å². The van der Waals surface area contributed by atoms with Gasteiger partial charge in [0.25, 0.3) is 0 Å². The summed E-state index contributed by atoms with van der Waals surface area (Å²) >= 11 is 0. The Hall–Kier alpha value is -4.70. The summed E-state index contributed by atoms with van der Waals surface area (Å²) in [5, 5.41) is 0. The lowest BCUT2D eigenvalue weighted by Crippen LogP contribution is -2.19. The molecule has 0 fully saturated rings. The second-order valence-corrected chi connectivity index (χ2v) is 24.3. The number of rotatable bonds is 40. The van der Waals surface area contributed by atoms with Crippen LogP contribution in [-0.2, 0) is 19.1 Å². The summed E-state index contributed by atoms with van der Waals surface area (Å²) in [6.07, 6.45) is 78.7. The van der Waals surface area contributed by atoms with E-state index < -0.39 is 0 Å². The molecule has 2 aliphatic rings. The first kappa shape index (κ1) is 73.3. The number of hydrogen-bond donors (Lipinski definition) is 0. The van der Waals surface area contributed by atoms with E-state index in [0.29, 0.717) is 26.1 Å². The monoisotopic (exact) mass is 1100 g/mol. The van der Waals surface area contributed by atoms with Crippen molar-refractivity contribution in [3.8, 4) is 0 Å². The van der Waals surface area contributed by atoms with Gasteiger partial charge in [0.2, 0.25) is 0 Å². The molecule has 0 saturated heterocycles. The zero-order valence-electron chi connectivity index (χ0n) is 53.8. The summed E-state index contributed by atoms with van der Waals surface area (Å²) in [5.74, 6) is -0.176. The maximum absolute atomic E-state index is 12.0. The van der Waals surface area contributed by atoms with Crippen molar-refractivity contribution in [3.63, 3.8) is 0 Å². The van der Waals surface area contributed by atoms with Gasteiger partial charge in [0, 0.05) is 12.8 Å². The van der Waals surface area contributed by atoms with Crippen LogP contribution in [0, 0.1) is 10.8 Å². The van der Waals surface area contributed by atoms with Crippen LogP contribution in [0.25, 0.3) is 0 Å². The molecule has 2 rings (SSSR count). The highest BCUT2D eigenvalue weighted by Crippen LogP contribution is 2.42. The van der Waals surface area contributed by atoms with Crippen LogP contribution in [0.2, 0.25) is 0 Å². The molecule has 0 aromatic heterocycles. The molecule has 4 heteroatoms. The molecular weight excluding hydrogens is 977 g/mol. The van der Waals surface area contributed by atoms with E-state index in [0.717, 1.165) is 62.5 Å². The van der Waals surface area contributed by atoms with Crippen LogP contribution in [0.1, 0.15) is 276 Å². The van der Waals surface area contributed by atoms with E-state index in [1.807, 2.05) is 26.0 Å². The Balaban J connectivity index is 0.000000800. The number of allylic oxidation sites excluding steroid dienone is 26. The molecule has 0 amide bonds.